The summed E-state index contributed by atoms with van der Waals surface area (Å²) in [5.74, 6) is -3.11. The first-order chi connectivity index (χ1) is 16.0. The lowest BCUT2D eigenvalue weighted by Crippen LogP contribution is -2.64. The highest BCUT2D eigenvalue weighted by molar-refractivity contribution is 5.96. The average molecular weight is 480 g/mol. The number of carbonyl (C=O) groups is 3. The van der Waals surface area contributed by atoms with Gasteiger partial charge in [0.1, 0.15) is 30.0 Å². The monoisotopic (exact) mass is 479 g/mol. The number of hydrogen-bond acceptors (Lipinski definition) is 6. The Morgan fingerprint density at radius 3 is 2.59 bits per heavy atom. The molecule has 2 saturated heterocycles. The Balaban J connectivity index is 1.56. The summed E-state index contributed by atoms with van der Waals surface area (Å²) in [5.41, 5.74) is -1.34. The first-order valence-corrected chi connectivity index (χ1v) is 11.7. The number of rotatable bonds is 6. The lowest BCUT2D eigenvalue weighted by Gasteiger charge is -2.40. The van der Waals surface area contributed by atoms with Crippen LogP contribution < -0.4 is 10.1 Å². The van der Waals surface area contributed by atoms with Gasteiger partial charge in [-0.25, -0.2) is 13.6 Å². The predicted molar refractivity (Wildman–Crippen MR) is 118 cm³/mol. The van der Waals surface area contributed by atoms with Crippen LogP contribution in [0, 0.1) is 11.6 Å². The number of carbonyl (C=O) groups excluding carboxylic acids is 3. The van der Waals surface area contributed by atoms with E-state index in [1.54, 1.807) is 20.8 Å². The Hall–Kier alpha value is -2.75. The Morgan fingerprint density at radius 1 is 1.21 bits per heavy atom. The maximum absolute atomic E-state index is 13.7. The molecule has 2 heterocycles. The van der Waals surface area contributed by atoms with Crippen molar-refractivity contribution < 1.29 is 32.6 Å². The molecule has 0 unspecified atom stereocenters. The molecule has 1 N–H and O–H groups in total. The average Bonchev–Trinajstić information content (AvgIpc) is 3.35. The molecule has 4 rings (SSSR count). The quantitative estimate of drug-likeness (QED) is 0.628. The van der Waals surface area contributed by atoms with Crippen molar-refractivity contribution >= 4 is 17.8 Å². The van der Waals surface area contributed by atoms with Crippen LogP contribution in [0.25, 0.3) is 0 Å². The molecule has 1 spiro atoms. The molecule has 1 aromatic rings. The van der Waals surface area contributed by atoms with Gasteiger partial charge in [0.05, 0.1) is 5.54 Å². The molecule has 34 heavy (non-hydrogen) atoms. The van der Waals surface area contributed by atoms with Gasteiger partial charge in [0, 0.05) is 25.7 Å². The minimum Gasteiger partial charge on any atom is -0.491 e. The number of ether oxygens (including phenoxy) is 2. The molecule has 1 aromatic carbocycles. The maximum atomic E-state index is 13.7. The van der Waals surface area contributed by atoms with Crippen molar-refractivity contribution in [3.05, 3.63) is 29.8 Å². The van der Waals surface area contributed by atoms with Gasteiger partial charge in [0.25, 0.3) is 0 Å². The van der Waals surface area contributed by atoms with Crippen molar-refractivity contribution in [3.63, 3.8) is 0 Å². The van der Waals surface area contributed by atoms with Gasteiger partial charge in [-0.05, 0) is 58.6 Å². The Morgan fingerprint density at radius 2 is 1.94 bits per heavy atom. The minimum absolute atomic E-state index is 0.0468. The number of likely N-dealkylation sites (tertiary alicyclic amines) is 1. The Bertz CT molecular complexity index is 976. The topological polar surface area (TPSA) is 88.2 Å². The third kappa shape index (κ3) is 5.01. The predicted octanol–water partition coefficient (Wildman–Crippen LogP) is 2.01. The van der Waals surface area contributed by atoms with E-state index in [1.165, 1.54) is 15.9 Å². The van der Waals surface area contributed by atoms with E-state index in [-0.39, 0.29) is 18.3 Å². The molecule has 0 aromatic heterocycles. The fraction of sp³-hybridized carbons (Fsp3) is 0.625. The third-order valence-corrected chi connectivity index (χ3v) is 6.41. The third-order valence-electron chi connectivity index (χ3n) is 6.41. The van der Waals surface area contributed by atoms with Crippen molar-refractivity contribution in [1.29, 1.82) is 0 Å². The molecule has 3 fully saturated rings. The van der Waals surface area contributed by atoms with Crippen molar-refractivity contribution in [3.8, 4) is 5.75 Å². The number of benzene rings is 1. The van der Waals surface area contributed by atoms with E-state index in [9.17, 15) is 23.2 Å². The Kier molecular flexibility index (Phi) is 6.54. The number of esters is 1. The van der Waals surface area contributed by atoms with E-state index < -0.39 is 46.7 Å². The minimum atomic E-state index is -1.07. The molecule has 186 valence electrons. The molecule has 2 atom stereocenters. The number of amides is 2. The largest absolute Gasteiger partial charge is 0.491 e. The summed E-state index contributed by atoms with van der Waals surface area (Å²) in [6.45, 7) is 6.22. The van der Waals surface area contributed by atoms with Gasteiger partial charge >= 0.3 is 5.97 Å². The summed E-state index contributed by atoms with van der Waals surface area (Å²) in [4.78, 5) is 42.7. The van der Waals surface area contributed by atoms with Crippen LogP contribution in [0.3, 0.4) is 0 Å². The fourth-order valence-corrected chi connectivity index (χ4v) is 4.55. The molecule has 2 aliphatic heterocycles. The molecule has 1 aliphatic carbocycles. The zero-order valence-corrected chi connectivity index (χ0v) is 19.7. The van der Waals surface area contributed by atoms with Crippen molar-refractivity contribution in [2.45, 2.75) is 69.7 Å². The van der Waals surface area contributed by atoms with Crippen molar-refractivity contribution in [2.24, 2.45) is 0 Å². The SMILES string of the molecule is CC(C)(C)OC(=O)[C@@H]1CCCN1C(=O)[C@H](COc1ccc(F)c(F)c1)N1CCNC2(CC2)C1=O. The second-order valence-corrected chi connectivity index (χ2v) is 10.1. The van der Waals surface area contributed by atoms with Crippen molar-refractivity contribution in [1.82, 2.24) is 15.1 Å². The molecule has 0 bridgehead atoms. The smallest absolute Gasteiger partial charge is 0.329 e. The molecule has 10 heteroatoms. The lowest BCUT2D eigenvalue weighted by molar-refractivity contribution is -0.165. The van der Waals surface area contributed by atoms with Crippen LogP contribution in [0.15, 0.2) is 18.2 Å². The molecule has 8 nitrogen and oxygen atoms in total. The second-order valence-electron chi connectivity index (χ2n) is 10.1. The van der Waals surface area contributed by atoms with Crippen LogP contribution in [0.4, 0.5) is 8.78 Å². The first-order valence-electron chi connectivity index (χ1n) is 11.7. The zero-order chi connectivity index (χ0) is 24.7. The van der Waals surface area contributed by atoms with E-state index in [2.05, 4.69) is 5.32 Å². The second kappa shape index (κ2) is 9.13. The van der Waals surface area contributed by atoms with E-state index in [0.717, 1.165) is 12.1 Å². The summed E-state index contributed by atoms with van der Waals surface area (Å²) in [6.07, 6.45) is 2.48. The number of halogens is 2. The lowest BCUT2D eigenvalue weighted by atomic mass is 10.1. The highest BCUT2D eigenvalue weighted by Gasteiger charge is 2.55. The van der Waals surface area contributed by atoms with E-state index in [1.807, 2.05) is 0 Å². The molecular weight excluding hydrogens is 448 g/mol. The van der Waals surface area contributed by atoms with Crippen LogP contribution >= 0.6 is 0 Å². The number of hydrogen-bond donors (Lipinski definition) is 1. The summed E-state index contributed by atoms with van der Waals surface area (Å²) < 4.78 is 38.1. The maximum Gasteiger partial charge on any atom is 0.329 e. The number of nitrogens with one attached hydrogen (secondary N) is 1. The van der Waals surface area contributed by atoms with Gasteiger partial charge in [0.15, 0.2) is 11.6 Å². The van der Waals surface area contributed by atoms with Gasteiger partial charge in [-0.3, -0.25) is 9.59 Å². The van der Waals surface area contributed by atoms with Crippen LogP contribution in [0.2, 0.25) is 0 Å². The van der Waals surface area contributed by atoms with E-state index in [0.29, 0.717) is 45.3 Å². The van der Waals surface area contributed by atoms with Gasteiger partial charge in [0.2, 0.25) is 11.8 Å². The first kappa shape index (κ1) is 24.4. The van der Waals surface area contributed by atoms with Crippen LogP contribution in [0.1, 0.15) is 46.5 Å². The highest BCUT2D eigenvalue weighted by atomic mass is 19.2. The summed E-state index contributed by atoms with van der Waals surface area (Å²) >= 11 is 0. The summed E-state index contributed by atoms with van der Waals surface area (Å²) in [6, 6.07) is 1.35. The number of nitrogens with zero attached hydrogens (tertiary/aromatic N) is 2. The van der Waals surface area contributed by atoms with Crippen molar-refractivity contribution in [2.75, 3.05) is 26.2 Å². The van der Waals surface area contributed by atoms with Gasteiger partial charge in [-0.1, -0.05) is 0 Å². The standard InChI is InChI=1S/C24H31F2N3O5/c1-23(2,3)34-21(31)18-5-4-11-28(18)20(30)19(14-33-15-6-7-16(25)17(26)13-15)29-12-10-27-24(8-9-24)22(29)32/h6-7,13,18-19,27H,4-5,8-12,14H2,1-3H3/t18-,19-/m0/s1. The summed E-state index contributed by atoms with van der Waals surface area (Å²) in [5, 5.41) is 3.23. The van der Waals surface area contributed by atoms with Crippen LogP contribution in [0.5, 0.6) is 5.75 Å². The highest BCUT2D eigenvalue weighted by Crippen LogP contribution is 2.39. The molecule has 2 amide bonds. The van der Waals surface area contributed by atoms with Gasteiger partial charge in [-0.2, -0.15) is 0 Å². The Labute approximate surface area is 197 Å². The van der Waals surface area contributed by atoms with Gasteiger partial charge < -0.3 is 24.6 Å². The van der Waals surface area contributed by atoms with Gasteiger partial charge in [-0.15, -0.1) is 0 Å². The molecular formula is C24H31F2N3O5. The molecule has 3 aliphatic rings. The van der Waals surface area contributed by atoms with Crippen LogP contribution in [-0.2, 0) is 19.1 Å². The number of piperazine rings is 1. The van der Waals surface area contributed by atoms with E-state index in [4.69, 9.17) is 9.47 Å². The molecule has 1 saturated carbocycles. The summed E-state index contributed by atoms with van der Waals surface area (Å²) in [7, 11) is 0. The normalized spacial score (nSPS) is 22.6. The van der Waals surface area contributed by atoms with Crippen LogP contribution in [-0.4, -0.2) is 77.0 Å². The molecule has 0 radical (unpaired) electrons. The van der Waals surface area contributed by atoms with E-state index >= 15 is 0 Å². The zero-order valence-electron chi connectivity index (χ0n) is 19.7. The fourth-order valence-electron chi connectivity index (χ4n) is 4.55.